The van der Waals surface area contributed by atoms with Crippen molar-refractivity contribution >= 4 is 5.82 Å². The number of pyridine rings is 1. The van der Waals surface area contributed by atoms with Crippen LogP contribution in [-0.2, 0) is 13.6 Å². The van der Waals surface area contributed by atoms with E-state index in [9.17, 15) is 5.11 Å². The third-order valence-corrected chi connectivity index (χ3v) is 4.88. The van der Waals surface area contributed by atoms with Gasteiger partial charge in [-0.25, -0.2) is 9.97 Å². The summed E-state index contributed by atoms with van der Waals surface area (Å²) in [7, 11) is 5.93. The summed E-state index contributed by atoms with van der Waals surface area (Å²) in [5, 5.41) is 10.6. The van der Waals surface area contributed by atoms with E-state index in [1.165, 1.54) is 5.56 Å². The molecule has 0 unspecified atom stereocenters. The third kappa shape index (κ3) is 3.76. The van der Waals surface area contributed by atoms with E-state index in [4.69, 9.17) is 0 Å². The Morgan fingerprint density at radius 2 is 2.00 bits per heavy atom. The number of anilines is 1. The Balaban J connectivity index is 1.52. The molecule has 1 aliphatic heterocycles. The molecule has 0 amide bonds. The maximum absolute atomic E-state index is 10.6. The molecule has 0 bridgehead atoms. The fourth-order valence-electron chi connectivity index (χ4n) is 3.33. The molecule has 6 nitrogen and oxygen atoms in total. The number of aryl methyl sites for hydroxylation is 1. The molecule has 130 valence electrons. The van der Waals surface area contributed by atoms with Gasteiger partial charge in [0.25, 0.3) is 0 Å². The Labute approximate surface area is 143 Å². The van der Waals surface area contributed by atoms with Gasteiger partial charge in [-0.05, 0) is 43.5 Å². The summed E-state index contributed by atoms with van der Waals surface area (Å²) in [6.07, 6.45) is 7.13. The van der Waals surface area contributed by atoms with Crippen molar-refractivity contribution in [2.75, 3.05) is 32.1 Å². The van der Waals surface area contributed by atoms with Crippen LogP contribution >= 0.6 is 0 Å². The van der Waals surface area contributed by atoms with Gasteiger partial charge in [-0.2, -0.15) is 0 Å². The van der Waals surface area contributed by atoms with Crippen LogP contribution in [0.2, 0.25) is 0 Å². The van der Waals surface area contributed by atoms with Crippen LogP contribution in [0.4, 0.5) is 5.82 Å². The minimum atomic E-state index is -0.465. The maximum Gasteiger partial charge on any atom is 0.137 e. The summed E-state index contributed by atoms with van der Waals surface area (Å²) in [6.45, 7) is 2.93. The molecule has 3 heterocycles. The molecule has 0 radical (unpaired) electrons. The van der Waals surface area contributed by atoms with Gasteiger partial charge in [0.05, 0.1) is 0 Å². The third-order valence-electron chi connectivity index (χ3n) is 4.88. The summed E-state index contributed by atoms with van der Waals surface area (Å²) in [4.78, 5) is 13.2. The summed E-state index contributed by atoms with van der Waals surface area (Å²) < 4.78 is 1.91. The molecule has 24 heavy (non-hydrogen) atoms. The Kier molecular flexibility index (Phi) is 5.16. The molecule has 1 fully saturated rings. The highest BCUT2D eigenvalue weighted by molar-refractivity contribution is 5.37. The molecule has 1 N–H and O–H groups in total. The fraction of sp³-hybridized carbons (Fsp3) is 0.556. The number of aliphatic hydroxyl groups is 1. The van der Waals surface area contributed by atoms with Crippen LogP contribution in [-0.4, -0.2) is 51.7 Å². The highest BCUT2D eigenvalue weighted by atomic mass is 16.3. The van der Waals surface area contributed by atoms with Crippen molar-refractivity contribution in [3.05, 3.63) is 42.1 Å². The molecule has 1 atom stereocenters. The van der Waals surface area contributed by atoms with Crippen molar-refractivity contribution in [2.45, 2.75) is 25.5 Å². The Bertz CT molecular complexity index is 644. The fourth-order valence-corrected chi connectivity index (χ4v) is 3.33. The number of aliphatic hydroxyl groups excluding tert-OH is 1. The largest absolute Gasteiger partial charge is 0.385 e. The summed E-state index contributed by atoms with van der Waals surface area (Å²) in [6, 6.07) is 4.21. The lowest BCUT2D eigenvalue weighted by Crippen LogP contribution is -2.35. The highest BCUT2D eigenvalue weighted by Gasteiger charge is 2.28. The van der Waals surface area contributed by atoms with Gasteiger partial charge in [0.15, 0.2) is 0 Å². The number of piperidine rings is 1. The predicted molar refractivity (Wildman–Crippen MR) is 94.7 cm³/mol. The Hall–Kier alpha value is -1.92. The number of hydrogen-bond donors (Lipinski definition) is 1. The van der Waals surface area contributed by atoms with Crippen LogP contribution < -0.4 is 4.90 Å². The van der Waals surface area contributed by atoms with Crippen molar-refractivity contribution in [3.8, 4) is 0 Å². The molecule has 6 heteroatoms. The monoisotopic (exact) mass is 329 g/mol. The zero-order valence-corrected chi connectivity index (χ0v) is 14.8. The lowest BCUT2D eigenvalue weighted by Gasteiger charge is -2.34. The molecule has 0 saturated carbocycles. The molecular formula is C18H27N5O. The molecule has 2 aromatic heterocycles. The standard InChI is InChI=1S/C18H27N5O/c1-21(2)16-5-4-14(12-20-16)13-23-9-6-15(7-10-23)17(24)18-19-8-11-22(18)3/h4-5,8,11-12,15,17,24H,6-7,9-10,13H2,1-3H3/t17-/m0/s1. The molecular weight excluding hydrogens is 302 g/mol. The number of hydrogen-bond acceptors (Lipinski definition) is 5. The van der Waals surface area contributed by atoms with E-state index in [-0.39, 0.29) is 5.92 Å². The van der Waals surface area contributed by atoms with E-state index in [2.05, 4.69) is 27.0 Å². The predicted octanol–water partition coefficient (Wildman–Crippen LogP) is 1.83. The average molecular weight is 329 g/mol. The van der Waals surface area contributed by atoms with Gasteiger partial charge in [-0.3, -0.25) is 4.90 Å². The lowest BCUT2D eigenvalue weighted by molar-refractivity contribution is 0.0492. The van der Waals surface area contributed by atoms with Crippen LogP contribution in [0.5, 0.6) is 0 Å². The smallest absolute Gasteiger partial charge is 0.137 e. The van der Waals surface area contributed by atoms with Crippen molar-refractivity contribution in [3.63, 3.8) is 0 Å². The van der Waals surface area contributed by atoms with Gasteiger partial charge < -0.3 is 14.6 Å². The van der Waals surface area contributed by atoms with Gasteiger partial charge >= 0.3 is 0 Å². The van der Waals surface area contributed by atoms with Crippen LogP contribution in [0.3, 0.4) is 0 Å². The summed E-state index contributed by atoms with van der Waals surface area (Å²) >= 11 is 0. The van der Waals surface area contributed by atoms with E-state index in [1.807, 2.05) is 43.0 Å². The Morgan fingerprint density at radius 1 is 1.25 bits per heavy atom. The minimum absolute atomic E-state index is 0.289. The molecule has 1 saturated heterocycles. The number of imidazole rings is 1. The van der Waals surface area contributed by atoms with E-state index in [0.717, 1.165) is 44.1 Å². The van der Waals surface area contributed by atoms with Gasteiger partial charge in [-0.1, -0.05) is 6.07 Å². The van der Waals surface area contributed by atoms with Crippen molar-refractivity contribution in [1.29, 1.82) is 0 Å². The van der Waals surface area contributed by atoms with Gasteiger partial charge in [-0.15, -0.1) is 0 Å². The highest BCUT2D eigenvalue weighted by Crippen LogP contribution is 2.30. The quantitative estimate of drug-likeness (QED) is 0.907. The van der Waals surface area contributed by atoms with Crippen molar-refractivity contribution < 1.29 is 5.11 Å². The average Bonchev–Trinajstić information content (AvgIpc) is 3.01. The normalized spacial score (nSPS) is 17.8. The lowest BCUT2D eigenvalue weighted by atomic mass is 9.90. The van der Waals surface area contributed by atoms with E-state index in [0.29, 0.717) is 0 Å². The maximum atomic E-state index is 10.6. The zero-order valence-electron chi connectivity index (χ0n) is 14.8. The van der Waals surface area contributed by atoms with Crippen LogP contribution in [0.1, 0.15) is 30.3 Å². The van der Waals surface area contributed by atoms with Crippen LogP contribution in [0.15, 0.2) is 30.7 Å². The van der Waals surface area contributed by atoms with Crippen molar-refractivity contribution in [1.82, 2.24) is 19.4 Å². The van der Waals surface area contributed by atoms with E-state index in [1.54, 1.807) is 6.20 Å². The summed E-state index contributed by atoms with van der Waals surface area (Å²) in [5.41, 5.74) is 1.24. The second-order valence-electron chi connectivity index (χ2n) is 6.87. The molecule has 1 aliphatic rings. The first-order valence-electron chi connectivity index (χ1n) is 8.54. The second-order valence-corrected chi connectivity index (χ2v) is 6.87. The summed E-state index contributed by atoms with van der Waals surface area (Å²) in [5.74, 6) is 2.05. The number of rotatable bonds is 5. The first-order chi connectivity index (χ1) is 11.5. The van der Waals surface area contributed by atoms with E-state index < -0.39 is 6.10 Å². The van der Waals surface area contributed by atoms with Gasteiger partial charge in [0.2, 0.25) is 0 Å². The van der Waals surface area contributed by atoms with Crippen LogP contribution in [0, 0.1) is 5.92 Å². The Morgan fingerprint density at radius 3 is 2.54 bits per heavy atom. The zero-order chi connectivity index (χ0) is 17.1. The van der Waals surface area contributed by atoms with Crippen molar-refractivity contribution in [2.24, 2.45) is 13.0 Å². The SMILES string of the molecule is CN(C)c1ccc(CN2CCC([C@H](O)c3nccn3C)CC2)cn1. The first kappa shape index (κ1) is 16.9. The number of likely N-dealkylation sites (tertiary alicyclic amines) is 1. The molecule has 2 aromatic rings. The second kappa shape index (κ2) is 7.32. The topological polar surface area (TPSA) is 57.4 Å². The molecule has 0 aliphatic carbocycles. The van der Waals surface area contributed by atoms with Crippen LogP contribution in [0.25, 0.3) is 0 Å². The number of nitrogens with zero attached hydrogens (tertiary/aromatic N) is 5. The number of aromatic nitrogens is 3. The van der Waals surface area contributed by atoms with Gasteiger partial charge in [0.1, 0.15) is 17.7 Å². The molecule has 0 spiro atoms. The molecule has 3 rings (SSSR count). The minimum Gasteiger partial charge on any atom is -0.385 e. The first-order valence-corrected chi connectivity index (χ1v) is 8.54. The van der Waals surface area contributed by atoms with Gasteiger partial charge in [0, 0.05) is 46.3 Å². The molecule has 0 aromatic carbocycles. The van der Waals surface area contributed by atoms with E-state index >= 15 is 0 Å².